The molecule has 0 saturated heterocycles. The number of H-pyrrole nitrogens is 1. The van der Waals surface area contributed by atoms with Gasteiger partial charge in [0.2, 0.25) is 0 Å². The highest BCUT2D eigenvalue weighted by atomic mass is 16.4. The Bertz CT molecular complexity index is 856. The summed E-state index contributed by atoms with van der Waals surface area (Å²) in [5, 5.41) is 17.9. The van der Waals surface area contributed by atoms with Gasteiger partial charge >= 0.3 is 5.97 Å². The fourth-order valence-corrected chi connectivity index (χ4v) is 3.05. The number of hydrogen-bond acceptors (Lipinski definition) is 5. The minimum absolute atomic E-state index is 0.413. The summed E-state index contributed by atoms with van der Waals surface area (Å²) in [6, 6.07) is 8.92. The van der Waals surface area contributed by atoms with Gasteiger partial charge in [-0.1, -0.05) is 23.4 Å². The monoisotopic (exact) mass is 324 g/mol. The zero-order valence-corrected chi connectivity index (χ0v) is 12.8. The van der Waals surface area contributed by atoms with E-state index in [0.29, 0.717) is 18.8 Å². The molecular formula is C16H16N6O2. The summed E-state index contributed by atoms with van der Waals surface area (Å²) >= 11 is 0. The van der Waals surface area contributed by atoms with Crippen LogP contribution in [-0.4, -0.2) is 47.5 Å². The molecule has 0 bridgehead atoms. The fraction of sp³-hybridized carbons (Fsp3) is 0.250. The van der Waals surface area contributed by atoms with Gasteiger partial charge in [0.05, 0.1) is 29.6 Å². The van der Waals surface area contributed by atoms with Gasteiger partial charge in [-0.2, -0.15) is 0 Å². The van der Waals surface area contributed by atoms with Gasteiger partial charge in [-0.15, -0.1) is 5.10 Å². The second-order valence-corrected chi connectivity index (χ2v) is 5.72. The molecule has 0 amide bonds. The molecule has 3 heterocycles. The molecule has 0 fully saturated rings. The van der Waals surface area contributed by atoms with E-state index in [1.54, 1.807) is 11.0 Å². The van der Waals surface area contributed by atoms with Gasteiger partial charge in [0.25, 0.3) is 0 Å². The lowest BCUT2D eigenvalue weighted by molar-refractivity contribution is -0.144. The molecule has 0 aliphatic carbocycles. The summed E-state index contributed by atoms with van der Waals surface area (Å²) in [4.78, 5) is 20.8. The average molecular weight is 324 g/mol. The predicted octanol–water partition coefficient (Wildman–Crippen LogP) is 1.17. The number of fused-ring (bicyclic) bond motifs is 1. The first-order valence-electron chi connectivity index (χ1n) is 7.68. The smallest absolute Gasteiger partial charge is 0.327 e. The lowest BCUT2D eigenvalue weighted by Gasteiger charge is -2.31. The first-order chi connectivity index (χ1) is 11.7. The van der Waals surface area contributed by atoms with Crippen LogP contribution < -0.4 is 0 Å². The van der Waals surface area contributed by atoms with Gasteiger partial charge in [0.1, 0.15) is 0 Å². The molecule has 0 spiro atoms. The number of rotatable bonds is 4. The molecule has 4 rings (SSSR count). The second-order valence-electron chi connectivity index (χ2n) is 5.72. The van der Waals surface area contributed by atoms with Gasteiger partial charge < -0.3 is 10.1 Å². The summed E-state index contributed by atoms with van der Waals surface area (Å²) < 4.78 is 1.69. The van der Waals surface area contributed by atoms with Crippen LogP contribution in [0.2, 0.25) is 0 Å². The van der Waals surface area contributed by atoms with E-state index >= 15 is 0 Å². The third-order valence-corrected chi connectivity index (χ3v) is 4.19. The van der Waals surface area contributed by atoms with Gasteiger partial charge in [-0.05, 0) is 12.1 Å². The minimum Gasteiger partial charge on any atom is -0.480 e. The van der Waals surface area contributed by atoms with E-state index in [0.717, 1.165) is 23.5 Å². The van der Waals surface area contributed by atoms with Crippen LogP contribution in [0.5, 0.6) is 0 Å². The number of nitrogens with zero attached hydrogens (tertiary/aromatic N) is 5. The number of para-hydroxylation sites is 1. The Balaban J connectivity index is 1.57. The molecule has 0 unspecified atom stereocenters. The summed E-state index contributed by atoms with van der Waals surface area (Å²) in [7, 11) is 0. The third kappa shape index (κ3) is 2.56. The molecule has 2 aromatic heterocycles. The highest BCUT2D eigenvalue weighted by Crippen LogP contribution is 2.28. The van der Waals surface area contributed by atoms with E-state index in [1.165, 1.54) is 0 Å². The number of nitrogens with one attached hydrogen (secondary N) is 1. The summed E-state index contributed by atoms with van der Waals surface area (Å²) in [5.74, 6) is -0.904. The molecule has 2 N–H and O–H groups in total. The van der Waals surface area contributed by atoms with Crippen molar-refractivity contribution in [3.63, 3.8) is 0 Å². The van der Waals surface area contributed by atoms with Crippen molar-refractivity contribution in [1.29, 1.82) is 0 Å². The molecule has 3 aromatic rings. The number of carboxylic acid groups (broad SMARTS) is 1. The van der Waals surface area contributed by atoms with Crippen molar-refractivity contribution in [2.45, 2.75) is 19.0 Å². The van der Waals surface area contributed by atoms with Crippen LogP contribution in [0.3, 0.4) is 0 Å². The number of carboxylic acids is 1. The van der Waals surface area contributed by atoms with Crippen molar-refractivity contribution in [3.8, 4) is 5.69 Å². The maximum Gasteiger partial charge on any atom is 0.327 e. The van der Waals surface area contributed by atoms with Crippen molar-refractivity contribution in [2.75, 3.05) is 6.54 Å². The molecule has 24 heavy (non-hydrogen) atoms. The Labute approximate surface area is 137 Å². The van der Waals surface area contributed by atoms with Crippen molar-refractivity contribution >= 4 is 5.97 Å². The van der Waals surface area contributed by atoms with Crippen LogP contribution >= 0.6 is 0 Å². The van der Waals surface area contributed by atoms with Crippen LogP contribution in [0.25, 0.3) is 5.69 Å². The Kier molecular flexibility index (Phi) is 3.58. The lowest BCUT2D eigenvalue weighted by atomic mass is 10.0. The third-order valence-electron chi connectivity index (χ3n) is 4.19. The molecule has 1 atom stereocenters. The molecular weight excluding hydrogens is 308 g/mol. The second kappa shape index (κ2) is 5.89. The first kappa shape index (κ1) is 14.6. The average Bonchev–Trinajstić information content (AvgIpc) is 3.24. The standard InChI is InChI=1S/C16H16N6O2/c23-16(24)15-14-13(17-10-18-14)6-7-21(15)8-11-9-22(20-19-11)12-4-2-1-3-5-12/h1-5,9-10,15H,6-8H2,(H,17,18)(H,23,24)/t15-/m0/s1. The molecule has 1 aromatic carbocycles. The highest BCUT2D eigenvalue weighted by Gasteiger charge is 2.35. The molecule has 8 heteroatoms. The Morgan fingerprint density at radius 1 is 1.33 bits per heavy atom. The van der Waals surface area contributed by atoms with Crippen molar-refractivity contribution in [1.82, 2.24) is 29.9 Å². The normalized spacial score (nSPS) is 17.6. The van der Waals surface area contributed by atoms with Crippen molar-refractivity contribution < 1.29 is 9.90 Å². The van der Waals surface area contributed by atoms with Gasteiger partial charge in [-0.25, -0.2) is 9.67 Å². The summed E-state index contributed by atoms with van der Waals surface area (Å²) in [6.07, 6.45) is 4.12. The quantitative estimate of drug-likeness (QED) is 0.747. The summed E-state index contributed by atoms with van der Waals surface area (Å²) in [5.41, 5.74) is 3.12. The Hall–Kier alpha value is -3.00. The molecule has 1 aliphatic heterocycles. The zero-order chi connectivity index (χ0) is 16.5. The first-order valence-corrected chi connectivity index (χ1v) is 7.68. The van der Waals surface area contributed by atoms with E-state index in [2.05, 4.69) is 20.3 Å². The van der Waals surface area contributed by atoms with E-state index in [4.69, 9.17) is 0 Å². The van der Waals surface area contributed by atoms with Crippen LogP contribution in [0, 0.1) is 0 Å². The van der Waals surface area contributed by atoms with Crippen LogP contribution in [-0.2, 0) is 17.8 Å². The summed E-state index contributed by atoms with van der Waals surface area (Å²) in [6.45, 7) is 1.04. The van der Waals surface area contributed by atoms with E-state index < -0.39 is 12.0 Å². The fourth-order valence-electron chi connectivity index (χ4n) is 3.05. The molecule has 0 radical (unpaired) electrons. The number of aromatic amines is 1. The van der Waals surface area contributed by atoms with Gasteiger partial charge in [0, 0.05) is 25.2 Å². The zero-order valence-electron chi connectivity index (χ0n) is 12.8. The molecule has 122 valence electrons. The van der Waals surface area contributed by atoms with Crippen LogP contribution in [0.1, 0.15) is 23.1 Å². The maximum atomic E-state index is 11.7. The number of aliphatic carboxylic acids is 1. The van der Waals surface area contributed by atoms with E-state index in [9.17, 15) is 9.90 Å². The SMILES string of the molecule is O=C(O)[C@@H]1c2nc[nH]c2CCN1Cc1cn(-c2ccccc2)nn1. The predicted molar refractivity (Wildman–Crippen MR) is 84.4 cm³/mol. The highest BCUT2D eigenvalue weighted by molar-refractivity contribution is 5.75. The van der Waals surface area contributed by atoms with Crippen molar-refractivity contribution in [3.05, 3.63) is 59.9 Å². The largest absolute Gasteiger partial charge is 0.480 e. The number of benzene rings is 1. The number of imidazole rings is 1. The number of carbonyl (C=O) groups is 1. The molecule has 1 aliphatic rings. The van der Waals surface area contributed by atoms with Gasteiger partial charge in [0.15, 0.2) is 6.04 Å². The van der Waals surface area contributed by atoms with Crippen LogP contribution in [0.4, 0.5) is 0 Å². The van der Waals surface area contributed by atoms with E-state index in [1.807, 2.05) is 41.4 Å². The molecule has 0 saturated carbocycles. The minimum atomic E-state index is -0.904. The van der Waals surface area contributed by atoms with Crippen molar-refractivity contribution in [2.24, 2.45) is 0 Å². The molecule has 8 nitrogen and oxygen atoms in total. The number of hydrogen-bond donors (Lipinski definition) is 2. The Morgan fingerprint density at radius 3 is 2.96 bits per heavy atom. The topological polar surface area (TPSA) is 99.9 Å². The van der Waals surface area contributed by atoms with Gasteiger partial charge in [-0.3, -0.25) is 9.69 Å². The van der Waals surface area contributed by atoms with Crippen LogP contribution in [0.15, 0.2) is 42.9 Å². The Morgan fingerprint density at radius 2 is 2.17 bits per heavy atom. The number of aromatic nitrogens is 5. The van der Waals surface area contributed by atoms with E-state index in [-0.39, 0.29) is 0 Å². The maximum absolute atomic E-state index is 11.7. The lowest BCUT2D eigenvalue weighted by Crippen LogP contribution is -2.39.